The lowest BCUT2D eigenvalue weighted by molar-refractivity contribution is 0.112. The predicted molar refractivity (Wildman–Crippen MR) is 60.8 cm³/mol. The number of rotatable bonds is 1. The van der Waals surface area contributed by atoms with Crippen LogP contribution < -0.4 is 0 Å². The molecule has 0 aliphatic carbocycles. The highest BCUT2D eigenvalue weighted by Gasteiger charge is 2.02. The van der Waals surface area contributed by atoms with Crippen LogP contribution in [0.1, 0.15) is 22.3 Å². The Hall–Kier alpha value is -2.52. The third-order valence-corrected chi connectivity index (χ3v) is 2.24. The molecule has 2 rings (SSSR count). The summed E-state index contributed by atoms with van der Waals surface area (Å²) in [7, 11) is 0. The van der Waals surface area contributed by atoms with Gasteiger partial charge in [-0.05, 0) is 18.2 Å². The van der Waals surface area contributed by atoms with Gasteiger partial charge in [0.15, 0.2) is 6.29 Å². The van der Waals surface area contributed by atoms with E-state index in [4.69, 9.17) is 5.26 Å². The molecule has 1 heterocycles. The number of carbonyl (C=O) groups is 1. The van der Waals surface area contributed by atoms with Gasteiger partial charge in [0.25, 0.3) is 0 Å². The average molecular weight is 208 g/mol. The molecule has 76 valence electrons. The summed E-state index contributed by atoms with van der Waals surface area (Å²) in [4.78, 5) is 13.8. The van der Waals surface area contributed by atoms with E-state index < -0.39 is 0 Å². The summed E-state index contributed by atoms with van der Waals surface area (Å²) >= 11 is 0. The number of nitriles is 1. The molecule has 0 radical (unpaired) electrons. The number of nitrogens with one attached hydrogen (secondary N) is 1. The number of hydrogen-bond donors (Lipinski definition) is 1. The summed E-state index contributed by atoms with van der Waals surface area (Å²) in [6.07, 6.45) is 2.70. The van der Waals surface area contributed by atoms with Crippen molar-refractivity contribution in [2.75, 3.05) is 0 Å². The van der Waals surface area contributed by atoms with Crippen LogP contribution in [-0.4, -0.2) is 11.3 Å². The number of H-pyrrole nitrogens is 1. The summed E-state index contributed by atoms with van der Waals surface area (Å²) < 4.78 is 0. The standard InChI is InChI=1S/C13H8N2O/c14-6-2-1-3-10-4-5-13-12(7-10)11(9-16)8-15-13/h4-5,7-9,15H,2H2. The Morgan fingerprint density at radius 3 is 3.06 bits per heavy atom. The SMILES string of the molecule is N#CCC#Cc1ccc2[nH]cc(C=O)c2c1. The van der Waals surface area contributed by atoms with Gasteiger partial charge < -0.3 is 4.98 Å². The molecular weight excluding hydrogens is 200 g/mol. The lowest BCUT2D eigenvalue weighted by atomic mass is 10.1. The minimum atomic E-state index is 0.214. The van der Waals surface area contributed by atoms with Gasteiger partial charge in [-0.1, -0.05) is 11.8 Å². The molecule has 1 aromatic heterocycles. The first-order chi connectivity index (χ1) is 7.85. The van der Waals surface area contributed by atoms with Crippen molar-refractivity contribution in [1.82, 2.24) is 4.98 Å². The number of aromatic amines is 1. The van der Waals surface area contributed by atoms with Gasteiger partial charge in [0.1, 0.15) is 0 Å². The largest absolute Gasteiger partial charge is 0.360 e. The third kappa shape index (κ3) is 1.80. The molecule has 1 N–H and O–H groups in total. The van der Waals surface area contributed by atoms with Gasteiger partial charge in [-0.25, -0.2) is 0 Å². The maximum absolute atomic E-state index is 10.8. The van der Waals surface area contributed by atoms with E-state index in [9.17, 15) is 4.79 Å². The Kier molecular flexibility index (Phi) is 2.71. The van der Waals surface area contributed by atoms with E-state index in [1.165, 1.54) is 0 Å². The average Bonchev–Trinajstić information content (AvgIpc) is 2.71. The molecule has 16 heavy (non-hydrogen) atoms. The number of carbonyl (C=O) groups excluding carboxylic acids is 1. The van der Waals surface area contributed by atoms with E-state index in [2.05, 4.69) is 16.8 Å². The van der Waals surface area contributed by atoms with Crippen LogP contribution in [0.4, 0.5) is 0 Å². The second-order valence-corrected chi connectivity index (χ2v) is 3.26. The van der Waals surface area contributed by atoms with Crippen molar-refractivity contribution in [3.63, 3.8) is 0 Å². The van der Waals surface area contributed by atoms with Crippen molar-refractivity contribution >= 4 is 17.2 Å². The fourth-order valence-electron chi connectivity index (χ4n) is 1.50. The van der Waals surface area contributed by atoms with Gasteiger partial charge in [-0.3, -0.25) is 4.79 Å². The van der Waals surface area contributed by atoms with Gasteiger partial charge in [0.2, 0.25) is 0 Å². The first-order valence-corrected chi connectivity index (χ1v) is 4.77. The molecular formula is C13H8N2O. The minimum absolute atomic E-state index is 0.214. The molecule has 0 atom stereocenters. The van der Waals surface area contributed by atoms with Crippen LogP contribution in [0.15, 0.2) is 24.4 Å². The van der Waals surface area contributed by atoms with E-state index >= 15 is 0 Å². The second-order valence-electron chi connectivity index (χ2n) is 3.26. The summed E-state index contributed by atoms with van der Waals surface area (Å²) in [5.74, 6) is 5.61. The predicted octanol–water partition coefficient (Wildman–Crippen LogP) is 2.25. The zero-order valence-electron chi connectivity index (χ0n) is 8.45. The van der Waals surface area contributed by atoms with Crippen LogP contribution in [0.2, 0.25) is 0 Å². The van der Waals surface area contributed by atoms with Crippen LogP contribution in [0.5, 0.6) is 0 Å². The molecule has 0 aliphatic rings. The van der Waals surface area contributed by atoms with Crippen molar-refractivity contribution in [1.29, 1.82) is 5.26 Å². The molecule has 0 bridgehead atoms. The van der Waals surface area contributed by atoms with Crippen molar-refractivity contribution in [3.05, 3.63) is 35.5 Å². The molecule has 0 unspecified atom stereocenters. The van der Waals surface area contributed by atoms with Gasteiger partial charge in [-0.2, -0.15) is 5.26 Å². The lowest BCUT2D eigenvalue weighted by Crippen LogP contribution is -1.78. The monoisotopic (exact) mass is 208 g/mol. The van der Waals surface area contributed by atoms with E-state index in [1.54, 1.807) is 6.20 Å². The molecule has 0 spiro atoms. The van der Waals surface area contributed by atoms with Crippen LogP contribution >= 0.6 is 0 Å². The Labute approximate surface area is 92.7 Å². The lowest BCUT2D eigenvalue weighted by Gasteiger charge is -1.92. The van der Waals surface area contributed by atoms with E-state index in [0.29, 0.717) is 5.56 Å². The van der Waals surface area contributed by atoms with Crippen LogP contribution in [0, 0.1) is 23.2 Å². The number of nitrogens with zero attached hydrogens (tertiary/aromatic N) is 1. The zero-order chi connectivity index (χ0) is 11.4. The highest BCUT2D eigenvalue weighted by molar-refractivity contribution is 5.97. The van der Waals surface area contributed by atoms with Gasteiger partial charge >= 0.3 is 0 Å². The number of hydrogen-bond acceptors (Lipinski definition) is 2. The number of aromatic nitrogens is 1. The quantitative estimate of drug-likeness (QED) is 0.577. The highest BCUT2D eigenvalue weighted by Crippen LogP contribution is 2.17. The van der Waals surface area contributed by atoms with Gasteiger partial charge in [0.05, 0.1) is 12.5 Å². The first kappa shape index (κ1) is 10.0. The van der Waals surface area contributed by atoms with E-state index in [1.807, 2.05) is 24.3 Å². The molecule has 0 saturated heterocycles. The maximum Gasteiger partial charge on any atom is 0.152 e. The minimum Gasteiger partial charge on any atom is -0.360 e. The fourth-order valence-corrected chi connectivity index (χ4v) is 1.50. The smallest absolute Gasteiger partial charge is 0.152 e. The first-order valence-electron chi connectivity index (χ1n) is 4.77. The Balaban J connectivity index is 2.47. The molecule has 3 nitrogen and oxygen atoms in total. The van der Waals surface area contributed by atoms with E-state index in [0.717, 1.165) is 22.8 Å². The number of benzene rings is 1. The normalized spacial score (nSPS) is 9.19. The van der Waals surface area contributed by atoms with Crippen molar-refractivity contribution in [2.45, 2.75) is 6.42 Å². The molecule has 2 aromatic rings. The zero-order valence-corrected chi connectivity index (χ0v) is 8.45. The van der Waals surface area contributed by atoms with Crippen molar-refractivity contribution < 1.29 is 4.79 Å². The molecule has 0 fully saturated rings. The van der Waals surface area contributed by atoms with Crippen molar-refractivity contribution in [2.24, 2.45) is 0 Å². The van der Waals surface area contributed by atoms with Gasteiger partial charge in [-0.15, -0.1) is 0 Å². The Morgan fingerprint density at radius 1 is 1.44 bits per heavy atom. The Bertz CT molecular complexity index is 635. The Morgan fingerprint density at radius 2 is 2.31 bits per heavy atom. The van der Waals surface area contributed by atoms with Crippen LogP contribution in [-0.2, 0) is 0 Å². The molecule has 1 aromatic carbocycles. The van der Waals surface area contributed by atoms with Crippen molar-refractivity contribution in [3.8, 4) is 17.9 Å². The highest BCUT2D eigenvalue weighted by atomic mass is 16.1. The molecule has 3 heteroatoms. The summed E-state index contributed by atoms with van der Waals surface area (Å²) in [5, 5.41) is 9.22. The molecule has 0 aliphatic heterocycles. The molecule has 0 saturated carbocycles. The van der Waals surface area contributed by atoms with Crippen LogP contribution in [0.3, 0.4) is 0 Å². The van der Waals surface area contributed by atoms with Gasteiger partial charge in [0, 0.05) is 28.2 Å². The maximum atomic E-state index is 10.8. The summed E-state index contributed by atoms with van der Waals surface area (Å²) in [6, 6.07) is 7.54. The number of aldehydes is 1. The topological polar surface area (TPSA) is 56.6 Å². The summed E-state index contributed by atoms with van der Waals surface area (Å²) in [5.41, 5.74) is 2.34. The van der Waals surface area contributed by atoms with Crippen LogP contribution in [0.25, 0.3) is 10.9 Å². The summed E-state index contributed by atoms with van der Waals surface area (Å²) in [6.45, 7) is 0. The van der Waals surface area contributed by atoms with E-state index in [-0.39, 0.29) is 6.42 Å². The second kappa shape index (κ2) is 4.33. The number of fused-ring (bicyclic) bond motifs is 1. The third-order valence-electron chi connectivity index (χ3n) is 2.24. The fraction of sp³-hybridized carbons (Fsp3) is 0.0769. The molecule has 0 amide bonds.